The summed E-state index contributed by atoms with van der Waals surface area (Å²) in [6.07, 6.45) is 0. The number of benzene rings is 2. The molecule has 2 rings (SSSR count). The Labute approximate surface area is 110 Å². The summed E-state index contributed by atoms with van der Waals surface area (Å²) in [5.74, 6) is 0. The molecule has 0 radical (unpaired) electrons. The SMILES string of the molecule is CP(C)(I)(c1ccccc1)c1ccccc1. The van der Waals surface area contributed by atoms with Crippen molar-refractivity contribution in [3.05, 3.63) is 60.7 Å². The second kappa shape index (κ2) is 4.12. The van der Waals surface area contributed by atoms with Crippen LogP contribution in [0.3, 0.4) is 0 Å². The predicted octanol–water partition coefficient (Wildman–Crippen LogP) is 3.80. The van der Waals surface area contributed by atoms with Gasteiger partial charge in [-0.25, -0.2) is 0 Å². The average molecular weight is 342 g/mol. The summed E-state index contributed by atoms with van der Waals surface area (Å²) in [6, 6.07) is 21.7. The Hall–Kier alpha value is -0.400. The van der Waals surface area contributed by atoms with Crippen molar-refractivity contribution in [2.75, 3.05) is 13.3 Å². The summed E-state index contributed by atoms with van der Waals surface area (Å²) in [7, 11) is 0. The van der Waals surface area contributed by atoms with Crippen LogP contribution in [-0.2, 0) is 0 Å². The van der Waals surface area contributed by atoms with E-state index in [-0.39, 0.29) is 0 Å². The van der Waals surface area contributed by atoms with E-state index in [4.69, 9.17) is 0 Å². The molecule has 0 bridgehead atoms. The molecule has 0 amide bonds. The van der Waals surface area contributed by atoms with E-state index in [2.05, 4.69) is 96.0 Å². The Balaban J connectivity index is 2.60. The first-order valence-corrected chi connectivity index (χ1v) is 11.2. The molecule has 0 unspecified atom stereocenters. The molecule has 2 aromatic rings. The third-order valence-electron chi connectivity index (χ3n) is 3.00. The van der Waals surface area contributed by atoms with E-state index < -0.39 is 4.25 Å². The van der Waals surface area contributed by atoms with E-state index in [0.717, 1.165) is 0 Å². The first-order valence-electron chi connectivity index (χ1n) is 5.33. The van der Waals surface area contributed by atoms with E-state index >= 15 is 0 Å². The Morgan fingerprint density at radius 3 is 1.31 bits per heavy atom. The van der Waals surface area contributed by atoms with Crippen molar-refractivity contribution in [2.45, 2.75) is 0 Å². The molecule has 0 spiro atoms. The van der Waals surface area contributed by atoms with Crippen molar-refractivity contribution in [2.24, 2.45) is 0 Å². The van der Waals surface area contributed by atoms with Gasteiger partial charge in [0, 0.05) is 0 Å². The molecule has 0 aliphatic carbocycles. The molecular formula is C14H16IP. The maximum absolute atomic E-state index is 2.67. The van der Waals surface area contributed by atoms with Gasteiger partial charge in [-0.2, -0.15) is 0 Å². The molecule has 0 atom stereocenters. The van der Waals surface area contributed by atoms with Crippen LogP contribution >= 0.6 is 26.3 Å². The summed E-state index contributed by atoms with van der Waals surface area (Å²) in [6.45, 7) is 4.80. The van der Waals surface area contributed by atoms with Gasteiger partial charge in [0.1, 0.15) is 0 Å². The van der Waals surface area contributed by atoms with Crippen LogP contribution in [0, 0.1) is 0 Å². The first-order chi connectivity index (χ1) is 7.49. The van der Waals surface area contributed by atoms with Gasteiger partial charge in [-0.05, 0) is 0 Å². The van der Waals surface area contributed by atoms with E-state index in [1.54, 1.807) is 0 Å². The maximum atomic E-state index is 2.67. The number of hydrogen-bond donors (Lipinski definition) is 0. The zero-order chi connectivity index (χ0) is 11.7. The fourth-order valence-corrected chi connectivity index (χ4v) is 6.15. The number of halogens is 1. The summed E-state index contributed by atoms with van der Waals surface area (Å²) < 4.78 is -1.96. The second-order valence-electron chi connectivity index (χ2n) is 4.63. The van der Waals surface area contributed by atoms with Crippen LogP contribution in [0.1, 0.15) is 0 Å². The molecule has 2 heteroatoms. The van der Waals surface area contributed by atoms with Gasteiger partial charge in [-0.3, -0.25) is 0 Å². The first kappa shape index (κ1) is 12.1. The summed E-state index contributed by atoms with van der Waals surface area (Å²) >= 11 is 2.67. The summed E-state index contributed by atoms with van der Waals surface area (Å²) in [5, 5.41) is 2.92. The molecule has 0 saturated heterocycles. The molecule has 0 aliphatic heterocycles. The van der Waals surface area contributed by atoms with Crippen molar-refractivity contribution in [3.63, 3.8) is 0 Å². The number of rotatable bonds is 2. The van der Waals surface area contributed by atoms with Crippen LogP contribution in [0.5, 0.6) is 0 Å². The van der Waals surface area contributed by atoms with Gasteiger partial charge in [0.25, 0.3) is 0 Å². The molecule has 0 aromatic heterocycles. The van der Waals surface area contributed by atoms with Crippen molar-refractivity contribution < 1.29 is 0 Å². The van der Waals surface area contributed by atoms with Gasteiger partial charge in [0.15, 0.2) is 0 Å². The summed E-state index contributed by atoms with van der Waals surface area (Å²) in [4.78, 5) is 0. The average Bonchev–Trinajstić information content (AvgIpc) is 2.31. The monoisotopic (exact) mass is 342 g/mol. The molecule has 0 N–H and O–H groups in total. The Bertz CT molecular complexity index is 425. The number of hydrogen-bond acceptors (Lipinski definition) is 0. The van der Waals surface area contributed by atoms with Crippen molar-refractivity contribution >= 4 is 36.9 Å². The molecule has 0 saturated carbocycles. The molecule has 0 heterocycles. The third kappa shape index (κ3) is 2.16. The molecule has 16 heavy (non-hydrogen) atoms. The topological polar surface area (TPSA) is 0 Å². The fourth-order valence-electron chi connectivity index (χ4n) is 1.86. The second-order valence-corrected chi connectivity index (χ2v) is 18.3. The summed E-state index contributed by atoms with van der Waals surface area (Å²) in [5.41, 5.74) is 0. The molecule has 84 valence electrons. The van der Waals surface area contributed by atoms with Gasteiger partial charge in [-0.1, -0.05) is 0 Å². The third-order valence-corrected chi connectivity index (χ3v) is 9.91. The Morgan fingerprint density at radius 1 is 0.688 bits per heavy atom. The Kier molecular flexibility index (Phi) is 3.11. The van der Waals surface area contributed by atoms with Gasteiger partial charge in [0.05, 0.1) is 0 Å². The van der Waals surface area contributed by atoms with Crippen LogP contribution < -0.4 is 10.6 Å². The van der Waals surface area contributed by atoms with Crippen molar-refractivity contribution in [1.82, 2.24) is 0 Å². The quantitative estimate of drug-likeness (QED) is 0.575. The molecule has 0 aliphatic rings. The zero-order valence-corrected chi connectivity index (χ0v) is 12.7. The zero-order valence-electron chi connectivity index (χ0n) is 9.60. The van der Waals surface area contributed by atoms with Gasteiger partial charge < -0.3 is 0 Å². The van der Waals surface area contributed by atoms with Crippen LogP contribution in [0.25, 0.3) is 0 Å². The van der Waals surface area contributed by atoms with Crippen LogP contribution in [0.2, 0.25) is 0 Å². The predicted molar refractivity (Wildman–Crippen MR) is 84.9 cm³/mol. The van der Waals surface area contributed by atoms with E-state index in [0.29, 0.717) is 0 Å². The van der Waals surface area contributed by atoms with E-state index in [1.807, 2.05) is 0 Å². The standard InChI is InChI=1S/C14H16IP/c1-16(2,15,13-9-5-3-6-10-13)14-11-7-4-8-12-14/h3-12H,1-2H3. The molecule has 0 fully saturated rings. The van der Waals surface area contributed by atoms with Gasteiger partial charge >= 0.3 is 111 Å². The van der Waals surface area contributed by atoms with E-state index in [9.17, 15) is 0 Å². The van der Waals surface area contributed by atoms with Crippen LogP contribution in [0.15, 0.2) is 60.7 Å². The minimum absolute atomic E-state index is 1.46. The molecule has 0 nitrogen and oxygen atoms in total. The fraction of sp³-hybridized carbons (Fsp3) is 0.143. The van der Waals surface area contributed by atoms with Crippen molar-refractivity contribution in [3.8, 4) is 0 Å². The normalized spacial score (nSPS) is 14.1. The Morgan fingerprint density at radius 2 is 1.00 bits per heavy atom. The van der Waals surface area contributed by atoms with E-state index in [1.165, 1.54) is 10.6 Å². The van der Waals surface area contributed by atoms with Gasteiger partial charge in [0.2, 0.25) is 0 Å². The van der Waals surface area contributed by atoms with Crippen LogP contribution in [0.4, 0.5) is 0 Å². The molecule has 2 aromatic carbocycles. The molecular weight excluding hydrogens is 326 g/mol. The van der Waals surface area contributed by atoms with Gasteiger partial charge in [-0.15, -0.1) is 0 Å². The van der Waals surface area contributed by atoms with Crippen LogP contribution in [-0.4, -0.2) is 13.3 Å². The minimum atomic E-state index is -1.96. The van der Waals surface area contributed by atoms with Crippen molar-refractivity contribution in [1.29, 1.82) is 0 Å².